The fraction of sp³-hybridized carbons (Fsp3) is 0.500. The SMILES string of the molecule is CC.CC.Cc1ccc2c(c1F)OCO2. The van der Waals surface area contributed by atoms with E-state index in [1.165, 1.54) is 0 Å². The van der Waals surface area contributed by atoms with E-state index in [2.05, 4.69) is 0 Å². The van der Waals surface area contributed by atoms with Gasteiger partial charge in [0.25, 0.3) is 0 Å². The molecule has 3 heteroatoms. The second-order valence-electron chi connectivity index (χ2n) is 2.43. The largest absolute Gasteiger partial charge is 0.453 e. The predicted molar refractivity (Wildman–Crippen MR) is 60.0 cm³/mol. The molecule has 1 aliphatic rings. The number of benzene rings is 1. The Hall–Kier alpha value is -1.25. The third kappa shape index (κ3) is 3.11. The minimum Gasteiger partial charge on any atom is -0.453 e. The molecule has 0 aromatic heterocycles. The van der Waals surface area contributed by atoms with Crippen LogP contribution in [0.3, 0.4) is 0 Å². The van der Waals surface area contributed by atoms with Gasteiger partial charge in [0.1, 0.15) is 0 Å². The average molecular weight is 214 g/mol. The lowest BCUT2D eigenvalue weighted by atomic mass is 10.2. The topological polar surface area (TPSA) is 18.5 Å². The Balaban J connectivity index is 0.000000442. The molecule has 0 saturated carbocycles. The maximum Gasteiger partial charge on any atom is 0.231 e. The summed E-state index contributed by atoms with van der Waals surface area (Å²) in [4.78, 5) is 0. The van der Waals surface area contributed by atoms with Crippen LogP contribution in [0.15, 0.2) is 12.1 Å². The molecule has 86 valence electrons. The summed E-state index contributed by atoms with van der Waals surface area (Å²) in [6, 6.07) is 3.38. The van der Waals surface area contributed by atoms with Crippen LogP contribution < -0.4 is 9.47 Å². The molecule has 0 radical (unpaired) electrons. The van der Waals surface area contributed by atoms with Gasteiger partial charge in [-0.25, -0.2) is 4.39 Å². The molecule has 1 aromatic carbocycles. The van der Waals surface area contributed by atoms with Crippen molar-refractivity contribution in [3.8, 4) is 11.5 Å². The highest BCUT2D eigenvalue weighted by atomic mass is 19.1. The summed E-state index contributed by atoms with van der Waals surface area (Å²) in [7, 11) is 0. The first-order valence-corrected chi connectivity index (χ1v) is 5.34. The molecule has 0 bridgehead atoms. The van der Waals surface area contributed by atoms with Crippen LogP contribution in [0.25, 0.3) is 0 Å². The first-order valence-electron chi connectivity index (χ1n) is 5.34. The number of rotatable bonds is 0. The van der Waals surface area contributed by atoms with E-state index in [1.807, 2.05) is 27.7 Å². The molecule has 1 heterocycles. The van der Waals surface area contributed by atoms with Gasteiger partial charge in [-0.15, -0.1) is 0 Å². The number of halogens is 1. The fourth-order valence-corrected chi connectivity index (χ4v) is 1.04. The zero-order valence-corrected chi connectivity index (χ0v) is 10.1. The highest BCUT2D eigenvalue weighted by Gasteiger charge is 2.18. The average Bonchev–Trinajstić information content (AvgIpc) is 2.78. The first kappa shape index (κ1) is 13.8. The molecule has 0 unspecified atom stereocenters. The summed E-state index contributed by atoms with van der Waals surface area (Å²) in [6.45, 7) is 9.81. The highest BCUT2D eigenvalue weighted by molar-refractivity contribution is 5.45. The van der Waals surface area contributed by atoms with Gasteiger partial charge in [-0.3, -0.25) is 0 Å². The molecule has 0 amide bonds. The van der Waals surface area contributed by atoms with Crippen molar-refractivity contribution in [3.63, 3.8) is 0 Å². The van der Waals surface area contributed by atoms with Crippen molar-refractivity contribution in [1.82, 2.24) is 0 Å². The van der Waals surface area contributed by atoms with Crippen molar-refractivity contribution < 1.29 is 13.9 Å². The van der Waals surface area contributed by atoms with Crippen molar-refractivity contribution in [2.24, 2.45) is 0 Å². The number of aryl methyl sites for hydroxylation is 1. The quantitative estimate of drug-likeness (QED) is 0.651. The minimum absolute atomic E-state index is 0.121. The summed E-state index contributed by atoms with van der Waals surface area (Å²) in [6.07, 6.45) is 0. The van der Waals surface area contributed by atoms with Crippen molar-refractivity contribution in [2.45, 2.75) is 34.6 Å². The molecule has 0 spiro atoms. The maximum absolute atomic E-state index is 13.1. The van der Waals surface area contributed by atoms with Crippen LogP contribution in [0.1, 0.15) is 33.3 Å². The van der Waals surface area contributed by atoms with Gasteiger partial charge < -0.3 is 9.47 Å². The molecular weight excluding hydrogens is 195 g/mol. The third-order valence-electron chi connectivity index (χ3n) is 1.67. The minimum atomic E-state index is -0.319. The van der Waals surface area contributed by atoms with Crippen LogP contribution in [-0.4, -0.2) is 6.79 Å². The lowest BCUT2D eigenvalue weighted by Gasteiger charge is -1.98. The summed E-state index contributed by atoms with van der Waals surface area (Å²) < 4.78 is 23.0. The Bertz CT molecular complexity index is 298. The molecule has 1 aliphatic heterocycles. The van der Waals surface area contributed by atoms with Gasteiger partial charge in [-0.2, -0.15) is 0 Å². The molecule has 0 aliphatic carbocycles. The van der Waals surface area contributed by atoms with Crippen LogP contribution in [-0.2, 0) is 0 Å². The molecule has 15 heavy (non-hydrogen) atoms. The highest BCUT2D eigenvalue weighted by Crippen LogP contribution is 2.35. The summed E-state index contributed by atoms with van der Waals surface area (Å²) in [5, 5.41) is 0. The van der Waals surface area contributed by atoms with Crippen molar-refractivity contribution >= 4 is 0 Å². The smallest absolute Gasteiger partial charge is 0.231 e. The predicted octanol–water partition coefficient (Wildman–Crippen LogP) is 3.92. The lowest BCUT2D eigenvalue weighted by Crippen LogP contribution is -1.93. The van der Waals surface area contributed by atoms with E-state index in [0.717, 1.165) is 0 Å². The molecule has 0 saturated heterocycles. The van der Waals surface area contributed by atoms with E-state index < -0.39 is 0 Å². The number of fused-ring (bicyclic) bond motifs is 1. The molecule has 2 rings (SSSR count). The monoisotopic (exact) mass is 214 g/mol. The maximum atomic E-state index is 13.1. The zero-order chi connectivity index (χ0) is 11.8. The van der Waals surface area contributed by atoms with Crippen molar-refractivity contribution in [2.75, 3.05) is 6.79 Å². The number of ether oxygens (including phenoxy) is 2. The molecule has 1 aromatic rings. The van der Waals surface area contributed by atoms with Crippen molar-refractivity contribution in [1.29, 1.82) is 0 Å². The van der Waals surface area contributed by atoms with E-state index in [0.29, 0.717) is 11.3 Å². The van der Waals surface area contributed by atoms with Gasteiger partial charge in [0.05, 0.1) is 0 Å². The van der Waals surface area contributed by atoms with Gasteiger partial charge in [0.2, 0.25) is 12.5 Å². The normalized spacial score (nSPS) is 10.8. The van der Waals surface area contributed by atoms with Crippen molar-refractivity contribution in [3.05, 3.63) is 23.5 Å². The van der Waals surface area contributed by atoms with Gasteiger partial charge in [-0.1, -0.05) is 33.8 Å². The summed E-state index contributed by atoms with van der Waals surface area (Å²) >= 11 is 0. The Labute approximate surface area is 91.0 Å². The van der Waals surface area contributed by atoms with E-state index in [9.17, 15) is 4.39 Å². The second kappa shape index (κ2) is 7.10. The van der Waals surface area contributed by atoms with Gasteiger partial charge >= 0.3 is 0 Å². The number of hydrogen-bond donors (Lipinski definition) is 0. The van der Waals surface area contributed by atoms with Gasteiger partial charge in [0, 0.05) is 0 Å². The van der Waals surface area contributed by atoms with E-state index >= 15 is 0 Å². The summed E-state index contributed by atoms with van der Waals surface area (Å²) in [5.41, 5.74) is 0.578. The standard InChI is InChI=1S/C8H7FO2.2C2H6/c1-5-2-3-6-8(7(5)9)11-4-10-6;2*1-2/h2-3H,4H2,1H3;2*1-2H3. The molecule has 2 nitrogen and oxygen atoms in total. The van der Waals surface area contributed by atoms with Crippen LogP contribution in [0, 0.1) is 12.7 Å². The Morgan fingerprint density at radius 3 is 2.27 bits per heavy atom. The zero-order valence-electron chi connectivity index (χ0n) is 10.1. The third-order valence-corrected chi connectivity index (χ3v) is 1.67. The van der Waals surface area contributed by atoms with E-state index in [-0.39, 0.29) is 18.4 Å². The molecule has 0 N–H and O–H groups in total. The Morgan fingerprint density at radius 1 is 1.07 bits per heavy atom. The fourth-order valence-electron chi connectivity index (χ4n) is 1.04. The van der Waals surface area contributed by atoms with E-state index in [1.54, 1.807) is 19.1 Å². The second-order valence-corrected chi connectivity index (χ2v) is 2.43. The van der Waals surface area contributed by atoms with Crippen LogP contribution in [0.5, 0.6) is 11.5 Å². The number of hydrogen-bond acceptors (Lipinski definition) is 2. The first-order chi connectivity index (χ1) is 7.29. The Morgan fingerprint density at radius 2 is 1.67 bits per heavy atom. The van der Waals surface area contributed by atoms with Gasteiger partial charge in [0.15, 0.2) is 11.6 Å². The molecular formula is C12H19FO2. The van der Waals surface area contributed by atoms with Crippen LogP contribution >= 0.6 is 0 Å². The summed E-state index contributed by atoms with van der Waals surface area (Å²) in [5.74, 6) is 0.415. The van der Waals surface area contributed by atoms with E-state index in [4.69, 9.17) is 9.47 Å². The molecule has 0 atom stereocenters. The van der Waals surface area contributed by atoms with Crippen LogP contribution in [0.4, 0.5) is 4.39 Å². The Kier molecular flexibility index (Phi) is 6.50. The van der Waals surface area contributed by atoms with Crippen LogP contribution in [0.2, 0.25) is 0 Å². The lowest BCUT2D eigenvalue weighted by molar-refractivity contribution is 0.171. The molecule has 0 fully saturated rings. The van der Waals surface area contributed by atoms with Gasteiger partial charge in [-0.05, 0) is 18.6 Å².